The average Bonchev–Trinajstić information content (AvgIpc) is 2.42. The van der Waals surface area contributed by atoms with E-state index in [0.29, 0.717) is 17.2 Å². The van der Waals surface area contributed by atoms with Gasteiger partial charge in [-0.15, -0.1) is 0 Å². The first-order valence-corrected chi connectivity index (χ1v) is 7.99. The van der Waals surface area contributed by atoms with E-state index in [1.807, 2.05) is 7.05 Å². The van der Waals surface area contributed by atoms with Crippen LogP contribution < -0.4 is 4.90 Å². The molecule has 1 aliphatic heterocycles. The molecule has 2 atom stereocenters. The van der Waals surface area contributed by atoms with E-state index in [0.717, 1.165) is 12.1 Å². The van der Waals surface area contributed by atoms with Crippen LogP contribution in [0, 0.1) is 5.92 Å². The van der Waals surface area contributed by atoms with E-state index in [1.54, 1.807) is 4.90 Å². The fraction of sp³-hybridized carbons (Fsp3) is 0.562. The lowest BCUT2D eigenvalue weighted by molar-refractivity contribution is -0.118. The molecule has 19 heavy (non-hydrogen) atoms. The van der Waals surface area contributed by atoms with Gasteiger partial charge in [-0.2, -0.15) is 0 Å². The van der Waals surface area contributed by atoms with Crippen molar-refractivity contribution in [2.24, 2.45) is 5.92 Å². The molecule has 0 aliphatic carbocycles. The average molecular weight is 324 g/mol. The third-order valence-electron chi connectivity index (χ3n) is 4.01. The predicted molar refractivity (Wildman–Crippen MR) is 83.9 cm³/mol. The minimum atomic E-state index is 0.218. The third kappa shape index (κ3) is 3.02. The van der Waals surface area contributed by atoms with E-state index < -0.39 is 0 Å². The fourth-order valence-corrected chi connectivity index (χ4v) is 3.33. The van der Waals surface area contributed by atoms with Gasteiger partial charge in [-0.25, -0.2) is 0 Å². The second kappa shape index (κ2) is 6.08. The number of halogens is 1. The number of anilines is 1. The van der Waals surface area contributed by atoms with Crippen LogP contribution in [-0.4, -0.2) is 13.0 Å². The van der Waals surface area contributed by atoms with Crippen molar-refractivity contribution in [3.05, 3.63) is 29.3 Å². The van der Waals surface area contributed by atoms with Gasteiger partial charge in [0.05, 0.1) is 0 Å². The Labute approximate surface area is 124 Å². The molecule has 2 rings (SSSR count). The van der Waals surface area contributed by atoms with Crippen molar-refractivity contribution in [1.29, 1.82) is 0 Å². The van der Waals surface area contributed by atoms with Crippen molar-refractivity contribution in [3.8, 4) is 0 Å². The Balaban J connectivity index is 2.24. The fourth-order valence-electron chi connectivity index (χ4n) is 2.78. The summed E-state index contributed by atoms with van der Waals surface area (Å²) in [6.45, 7) is 4.52. The summed E-state index contributed by atoms with van der Waals surface area (Å²) in [5.41, 5.74) is 3.71. The van der Waals surface area contributed by atoms with Crippen LogP contribution in [0.5, 0.6) is 0 Å². The number of alkyl halides is 1. The zero-order valence-corrected chi connectivity index (χ0v) is 13.5. The Morgan fingerprint density at radius 3 is 2.79 bits per heavy atom. The molecule has 0 N–H and O–H groups in total. The summed E-state index contributed by atoms with van der Waals surface area (Å²) < 4.78 is 0. The lowest BCUT2D eigenvalue weighted by atomic mass is 9.93. The Hall–Kier alpha value is -0.830. The molecule has 2 nitrogen and oxygen atoms in total. The molecule has 1 aromatic rings. The minimum Gasteiger partial charge on any atom is -0.315 e. The molecule has 104 valence electrons. The first-order chi connectivity index (χ1) is 9.04. The quantitative estimate of drug-likeness (QED) is 0.749. The number of amides is 1. The largest absolute Gasteiger partial charge is 0.315 e. The highest BCUT2D eigenvalue weighted by Gasteiger charge is 2.23. The molecule has 2 unspecified atom stereocenters. The van der Waals surface area contributed by atoms with Crippen LogP contribution in [0.2, 0.25) is 0 Å². The monoisotopic (exact) mass is 323 g/mol. The van der Waals surface area contributed by atoms with Gasteiger partial charge in [0.2, 0.25) is 5.91 Å². The van der Waals surface area contributed by atoms with Gasteiger partial charge in [-0.05, 0) is 36.0 Å². The van der Waals surface area contributed by atoms with Gasteiger partial charge >= 0.3 is 0 Å². The predicted octanol–water partition coefficient (Wildman–Crippen LogP) is 4.47. The molecule has 1 aromatic carbocycles. The maximum atomic E-state index is 11.7. The molecule has 1 heterocycles. The summed E-state index contributed by atoms with van der Waals surface area (Å²) in [6.07, 6.45) is 3.94. The first-order valence-electron chi connectivity index (χ1n) is 7.08. The van der Waals surface area contributed by atoms with Gasteiger partial charge in [0.15, 0.2) is 0 Å². The number of carbonyl (C=O) groups is 1. The van der Waals surface area contributed by atoms with Crippen LogP contribution in [0.1, 0.15) is 49.1 Å². The second-order valence-electron chi connectivity index (χ2n) is 5.51. The van der Waals surface area contributed by atoms with E-state index in [-0.39, 0.29) is 5.91 Å². The summed E-state index contributed by atoms with van der Waals surface area (Å²) in [5.74, 6) is 0.848. The maximum Gasteiger partial charge on any atom is 0.227 e. The highest BCUT2D eigenvalue weighted by molar-refractivity contribution is 9.09. The zero-order chi connectivity index (χ0) is 14.0. The van der Waals surface area contributed by atoms with Gasteiger partial charge < -0.3 is 4.90 Å². The molecule has 1 amide bonds. The molecule has 0 bridgehead atoms. The van der Waals surface area contributed by atoms with E-state index in [9.17, 15) is 4.79 Å². The van der Waals surface area contributed by atoms with Crippen LogP contribution in [0.15, 0.2) is 18.2 Å². The number of hydrogen-bond donors (Lipinski definition) is 0. The van der Waals surface area contributed by atoms with Crippen LogP contribution in [0.25, 0.3) is 0 Å². The summed E-state index contributed by atoms with van der Waals surface area (Å²) in [6, 6.07) is 6.51. The Kier molecular flexibility index (Phi) is 4.67. The summed E-state index contributed by atoms with van der Waals surface area (Å²) >= 11 is 3.83. The van der Waals surface area contributed by atoms with Crippen LogP contribution in [0.3, 0.4) is 0 Å². The second-order valence-corrected chi connectivity index (χ2v) is 6.50. The van der Waals surface area contributed by atoms with Crippen molar-refractivity contribution in [1.82, 2.24) is 0 Å². The first kappa shape index (κ1) is 14.6. The third-order valence-corrected chi connectivity index (χ3v) is 5.44. The SMILES string of the molecule is CCCC(C)C(Br)c1ccc2c(c1)CCC(=O)N2C. The lowest BCUT2D eigenvalue weighted by Crippen LogP contribution is -2.31. The molecule has 0 aromatic heterocycles. The zero-order valence-electron chi connectivity index (χ0n) is 11.9. The number of rotatable bonds is 4. The van der Waals surface area contributed by atoms with E-state index in [1.165, 1.54) is 24.0 Å². The Bertz CT molecular complexity index is 472. The van der Waals surface area contributed by atoms with Gasteiger partial charge in [0.1, 0.15) is 0 Å². The molecule has 0 saturated heterocycles. The maximum absolute atomic E-state index is 11.7. The normalized spacial score (nSPS) is 18.1. The molecular formula is C16H22BrNO. The van der Waals surface area contributed by atoms with E-state index in [2.05, 4.69) is 48.0 Å². The number of aryl methyl sites for hydroxylation is 1. The molecule has 0 radical (unpaired) electrons. The number of hydrogen-bond acceptors (Lipinski definition) is 1. The van der Waals surface area contributed by atoms with E-state index in [4.69, 9.17) is 0 Å². The number of fused-ring (bicyclic) bond motifs is 1. The smallest absolute Gasteiger partial charge is 0.227 e. The summed E-state index contributed by atoms with van der Waals surface area (Å²) in [7, 11) is 1.87. The number of carbonyl (C=O) groups excluding carboxylic acids is 1. The Morgan fingerprint density at radius 1 is 1.37 bits per heavy atom. The molecule has 1 aliphatic rings. The lowest BCUT2D eigenvalue weighted by Gasteiger charge is -2.27. The van der Waals surface area contributed by atoms with Gasteiger partial charge in [-0.3, -0.25) is 4.79 Å². The van der Waals surface area contributed by atoms with Crippen molar-refractivity contribution >= 4 is 27.5 Å². The molecule has 0 fully saturated rings. The molecule has 0 spiro atoms. The van der Waals surface area contributed by atoms with Gasteiger partial charge in [0, 0.05) is 24.0 Å². The van der Waals surface area contributed by atoms with Crippen molar-refractivity contribution in [2.75, 3.05) is 11.9 Å². The van der Waals surface area contributed by atoms with Crippen molar-refractivity contribution < 1.29 is 4.79 Å². The van der Waals surface area contributed by atoms with E-state index >= 15 is 0 Å². The molecule has 3 heteroatoms. The van der Waals surface area contributed by atoms with Crippen LogP contribution in [0.4, 0.5) is 5.69 Å². The summed E-state index contributed by atoms with van der Waals surface area (Å²) in [5, 5.41) is 0. The molecular weight excluding hydrogens is 302 g/mol. The van der Waals surface area contributed by atoms with Crippen molar-refractivity contribution in [3.63, 3.8) is 0 Å². The number of benzene rings is 1. The van der Waals surface area contributed by atoms with Gasteiger partial charge in [0.25, 0.3) is 0 Å². The minimum absolute atomic E-state index is 0.218. The number of nitrogens with zero attached hydrogens (tertiary/aromatic N) is 1. The van der Waals surface area contributed by atoms with Crippen LogP contribution >= 0.6 is 15.9 Å². The summed E-state index contributed by atoms with van der Waals surface area (Å²) in [4.78, 5) is 13.9. The molecule has 0 saturated carbocycles. The van der Waals surface area contributed by atoms with Crippen LogP contribution in [-0.2, 0) is 11.2 Å². The van der Waals surface area contributed by atoms with Gasteiger partial charge in [-0.1, -0.05) is 48.3 Å². The standard InChI is InChI=1S/C16H22BrNO/c1-4-5-11(2)16(17)13-6-8-14-12(10-13)7-9-15(19)18(14)3/h6,8,10-11,16H,4-5,7,9H2,1-3H3. The Morgan fingerprint density at radius 2 is 2.11 bits per heavy atom. The van der Waals surface area contributed by atoms with Crippen molar-refractivity contribution in [2.45, 2.75) is 44.4 Å². The highest BCUT2D eigenvalue weighted by atomic mass is 79.9. The topological polar surface area (TPSA) is 20.3 Å². The highest BCUT2D eigenvalue weighted by Crippen LogP contribution is 2.37.